The second-order valence-electron chi connectivity index (χ2n) is 7.13. The normalized spacial score (nSPS) is 17.1. The molecule has 1 aliphatic heterocycles. The smallest absolute Gasteiger partial charge is 0.232 e. The zero-order valence-electron chi connectivity index (χ0n) is 15.4. The van der Waals surface area contributed by atoms with Crippen molar-refractivity contribution < 1.29 is 9.59 Å². The number of hydrogen-bond donors (Lipinski definition) is 1. The van der Waals surface area contributed by atoms with Crippen LogP contribution in [-0.2, 0) is 9.59 Å². The highest BCUT2D eigenvalue weighted by Crippen LogP contribution is 2.26. The van der Waals surface area contributed by atoms with Crippen molar-refractivity contribution in [1.82, 2.24) is 14.5 Å². The summed E-state index contributed by atoms with van der Waals surface area (Å²) >= 11 is 0. The number of nitrogens with zero attached hydrogens (tertiary/aromatic N) is 3. The van der Waals surface area contributed by atoms with Gasteiger partial charge in [0, 0.05) is 24.7 Å². The SMILES string of the molecule is CC(C)N1CC(C(=O)Nc2nc3ccccc3n2-c2ccccc2)CC1=O. The number of rotatable bonds is 4. The van der Waals surface area contributed by atoms with Crippen LogP contribution in [-0.4, -0.2) is 38.9 Å². The van der Waals surface area contributed by atoms with Crippen LogP contribution in [0.15, 0.2) is 54.6 Å². The molecule has 0 aliphatic carbocycles. The quantitative estimate of drug-likeness (QED) is 0.775. The minimum absolute atomic E-state index is 0.0294. The first kappa shape index (κ1) is 17.3. The number of fused-ring (bicyclic) bond motifs is 1. The maximum Gasteiger partial charge on any atom is 0.232 e. The molecule has 1 atom stereocenters. The van der Waals surface area contributed by atoms with Crippen molar-refractivity contribution in [2.45, 2.75) is 26.3 Å². The number of anilines is 1. The fraction of sp³-hybridized carbons (Fsp3) is 0.286. The van der Waals surface area contributed by atoms with Crippen LogP contribution in [0.4, 0.5) is 5.95 Å². The van der Waals surface area contributed by atoms with Crippen molar-refractivity contribution in [3.63, 3.8) is 0 Å². The fourth-order valence-corrected chi connectivity index (χ4v) is 3.57. The number of hydrogen-bond acceptors (Lipinski definition) is 3. The largest absolute Gasteiger partial charge is 0.339 e. The molecule has 2 amide bonds. The molecule has 6 heteroatoms. The number of para-hydroxylation sites is 3. The van der Waals surface area contributed by atoms with Crippen molar-refractivity contribution in [2.75, 3.05) is 11.9 Å². The minimum atomic E-state index is -0.357. The molecule has 2 heterocycles. The molecular formula is C21H22N4O2. The lowest BCUT2D eigenvalue weighted by molar-refractivity contribution is -0.129. The Kier molecular flexibility index (Phi) is 4.39. The Hall–Kier alpha value is -3.15. The Bertz CT molecular complexity index is 994. The molecule has 1 aliphatic rings. The van der Waals surface area contributed by atoms with E-state index in [4.69, 9.17) is 0 Å². The number of amides is 2. The van der Waals surface area contributed by atoms with Gasteiger partial charge in [0.1, 0.15) is 0 Å². The lowest BCUT2D eigenvalue weighted by atomic mass is 10.1. The molecule has 1 unspecified atom stereocenters. The van der Waals surface area contributed by atoms with Gasteiger partial charge in [0.15, 0.2) is 0 Å². The highest BCUT2D eigenvalue weighted by molar-refractivity contribution is 5.97. The third kappa shape index (κ3) is 3.18. The number of benzene rings is 2. The van der Waals surface area contributed by atoms with E-state index in [9.17, 15) is 9.59 Å². The number of carbonyl (C=O) groups is 2. The molecule has 0 radical (unpaired) electrons. The fourth-order valence-electron chi connectivity index (χ4n) is 3.57. The first-order valence-electron chi connectivity index (χ1n) is 9.18. The molecule has 1 fully saturated rings. The molecule has 0 spiro atoms. The summed E-state index contributed by atoms with van der Waals surface area (Å²) in [7, 11) is 0. The molecule has 2 aromatic carbocycles. The van der Waals surface area contributed by atoms with Gasteiger partial charge in [0.25, 0.3) is 0 Å². The predicted molar refractivity (Wildman–Crippen MR) is 105 cm³/mol. The van der Waals surface area contributed by atoms with Crippen molar-refractivity contribution in [2.24, 2.45) is 5.92 Å². The van der Waals surface area contributed by atoms with Gasteiger partial charge < -0.3 is 4.90 Å². The molecule has 1 N–H and O–H groups in total. The van der Waals surface area contributed by atoms with Gasteiger partial charge in [-0.1, -0.05) is 30.3 Å². The topological polar surface area (TPSA) is 67.2 Å². The van der Waals surface area contributed by atoms with E-state index in [2.05, 4.69) is 10.3 Å². The number of nitrogens with one attached hydrogen (secondary N) is 1. The Morgan fingerprint density at radius 3 is 2.52 bits per heavy atom. The van der Waals surface area contributed by atoms with Crippen molar-refractivity contribution in [3.8, 4) is 5.69 Å². The summed E-state index contributed by atoms with van der Waals surface area (Å²) in [4.78, 5) is 31.3. The number of likely N-dealkylation sites (tertiary alicyclic amines) is 1. The average Bonchev–Trinajstić information content (AvgIpc) is 3.22. The second-order valence-corrected chi connectivity index (χ2v) is 7.13. The van der Waals surface area contributed by atoms with Crippen LogP contribution >= 0.6 is 0 Å². The molecule has 0 saturated carbocycles. The maximum absolute atomic E-state index is 12.8. The molecule has 1 saturated heterocycles. The van der Waals surface area contributed by atoms with Gasteiger partial charge in [0.05, 0.1) is 17.0 Å². The van der Waals surface area contributed by atoms with E-state index in [0.29, 0.717) is 12.5 Å². The van der Waals surface area contributed by atoms with Crippen molar-refractivity contribution in [1.29, 1.82) is 0 Å². The van der Waals surface area contributed by atoms with Gasteiger partial charge >= 0.3 is 0 Å². The van der Waals surface area contributed by atoms with E-state index in [1.54, 1.807) is 4.90 Å². The highest BCUT2D eigenvalue weighted by atomic mass is 16.2. The standard InChI is InChI=1S/C21H22N4O2/c1-14(2)24-13-15(12-19(24)26)20(27)23-21-22-17-10-6-7-11-18(17)25(21)16-8-4-3-5-9-16/h3-11,14-15H,12-13H2,1-2H3,(H,22,23,27). The highest BCUT2D eigenvalue weighted by Gasteiger charge is 2.36. The van der Waals surface area contributed by atoms with Gasteiger partial charge in [-0.2, -0.15) is 0 Å². The van der Waals surface area contributed by atoms with Crippen LogP contribution in [0.25, 0.3) is 16.7 Å². The summed E-state index contributed by atoms with van der Waals surface area (Å²) < 4.78 is 1.93. The Morgan fingerprint density at radius 2 is 1.81 bits per heavy atom. The van der Waals surface area contributed by atoms with E-state index in [1.165, 1.54) is 0 Å². The first-order valence-corrected chi connectivity index (χ1v) is 9.18. The number of aromatic nitrogens is 2. The molecule has 138 valence electrons. The van der Waals surface area contributed by atoms with E-state index in [-0.39, 0.29) is 30.2 Å². The van der Waals surface area contributed by atoms with Crippen LogP contribution < -0.4 is 5.32 Å². The van der Waals surface area contributed by atoms with Gasteiger partial charge in [-0.15, -0.1) is 0 Å². The monoisotopic (exact) mass is 362 g/mol. The lowest BCUT2D eigenvalue weighted by Crippen LogP contribution is -2.33. The van der Waals surface area contributed by atoms with E-state index >= 15 is 0 Å². The van der Waals surface area contributed by atoms with Gasteiger partial charge in [-0.05, 0) is 38.1 Å². The van der Waals surface area contributed by atoms with E-state index < -0.39 is 0 Å². The molecule has 3 aromatic rings. The number of carbonyl (C=O) groups excluding carboxylic acids is 2. The lowest BCUT2D eigenvalue weighted by Gasteiger charge is -2.20. The Labute approximate surface area is 157 Å². The molecule has 1 aromatic heterocycles. The molecule has 0 bridgehead atoms. The summed E-state index contributed by atoms with van der Waals surface area (Å²) in [5, 5.41) is 2.95. The van der Waals surface area contributed by atoms with Gasteiger partial charge in [-0.3, -0.25) is 19.5 Å². The van der Waals surface area contributed by atoms with Crippen LogP contribution in [0.5, 0.6) is 0 Å². The van der Waals surface area contributed by atoms with Crippen LogP contribution in [0.1, 0.15) is 20.3 Å². The van der Waals surface area contributed by atoms with E-state index in [0.717, 1.165) is 16.7 Å². The summed E-state index contributed by atoms with van der Waals surface area (Å²) in [5.41, 5.74) is 2.65. The summed E-state index contributed by atoms with van der Waals surface area (Å²) in [6.07, 6.45) is 0.246. The summed E-state index contributed by atoms with van der Waals surface area (Å²) in [5.74, 6) is -0.0209. The maximum atomic E-state index is 12.8. The predicted octanol–water partition coefficient (Wildman–Crippen LogP) is 3.22. The van der Waals surface area contributed by atoms with Crippen LogP contribution in [0.2, 0.25) is 0 Å². The van der Waals surface area contributed by atoms with Crippen molar-refractivity contribution in [3.05, 3.63) is 54.6 Å². The van der Waals surface area contributed by atoms with E-state index in [1.807, 2.05) is 73.0 Å². The summed E-state index contributed by atoms with van der Waals surface area (Å²) in [6.45, 7) is 4.38. The zero-order chi connectivity index (χ0) is 19.0. The zero-order valence-corrected chi connectivity index (χ0v) is 15.4. The number of imidazole rings is 1. The first-order chi connectivity index (χ1) is 13.0. The third-order valence-corrected chi connectivity index (χ3v) is 4.96. The molecule has 6 nitrogen and oxygen atoms in total. The molecule has 4 rings (SSSR count). The minimum Gasteiger partial charge on any atom is -0.339 e. The van der Waals surface area contributed by atoms with Crippen LogP contribution in [0, 0.1) is 5.92 Å². The average molecular weight is 362 g/mol. The van der Waals surface area contributed by atoms with Gasteiger partial charge in [-0.25, -0.2) is 4.98 Å². The van der Waals surface area contributed by atoms with Crippen molar-refractivity contribution >= 4 is 28.8 Å². The summed E-state index contributed by atoms with van der Waals surface area (Å²) in [6, 6.07) is 17.7. The molecule has 27 heavy (non-hydrogen) atoms. The second kappa shape index (κ2) is 6.87. The van der Waals surface area contributed by atoms with Crippen LogP contribution in [0.3, 0.4) is 0 Å². The Morgan fingerprint density at radius 1 is 1.11 bits per heavy atom. The molecular weight excluding hydrogens is 340 g/mol. The Balaban J connectivity index is 1.67. The third-order valence-electron chi connectivity index (χ3n) is 4.96. The van der Waals surface area contributed by atoms with Gasteiger partial charge in [0.2, 0.25) is 17.8 Å².